The minimum Gasteiger partial charge on any atom is -0.394 e. The van der Waals surface area contributed by atoms with Gasteiger partial charge in [-0.1, -0.05) is 17.7 Å². The molecule has 158 valence electrons. The zero-order valence-corrected chi connectivity index (χ0v) is 16.9. The molecule has 0 bridgehead atoms. The summed E-state index contributed by atoms with van der Waals surface area (Å²) in [6, 6.07) is 5.84. The maximum Gasteiger partial charge on any atom is 0.242 e. The summed E-state index contributed by atoms with van der Waals surface area (Å²) in [5.41, 5.74) is 0.940. The van der Waals surface area contributed by atoms with Crippen molar-refractivity contribution in [3.05, 3.63) is 59.3 Å². The molecule has 0 spiro atoms. The van der Waals surface area contributed by atoms with Crippen molar-refractivity contribution in [1.82, 2.24) is 25.1 Å². The molecule has 1 atom stereocenters. The van der Waals surface area contributed by atoms with Crippen LogP contribution in [0.5, 0.6) is 0 Å². The molecule has 0 unspecified atom stereocenters. The van der Waals surface area contributed by atoms with Gasteiger partial charge in [-0.05, 0) is 25.1 Å². The Morgan fingerprint density at radius 3 is 2.97 bits per heavy atom. The van der Waals surface area contributed by atoms with E-state index in [9.17, 15) is 9.18 Å². The van der Waals surface area contributed by atoms with Gasteiger partial charge in [0, 0.05) is 35.6 Å². The molecule has 3 rings (SSSR count). The number of hydrogen-bond donors (Lipinski definition) is 4. The number of carbonyl (C=O) groups excluding carboxylic acids is 1. The summed E-state index contributed by atoms with van der Waals surface area (Å²) in [4.78, 5) is 20.3. The van der Waals surface area contributed by atoms with Gasteiger partial charge in [-0.3, -0.25) is 9.48 Å². The molecule has 1 aromatic carbocycles. The van der Waals surface area contributed by atoms with Crippen LogP contribution in [-0.4, -0.2) is 43.4 Å². The predicted octanol–water partition coefficient (Wildman–Crippen LogP) is 2.32. The van der Waals surface area contributed by atoms with Gasteiger partial charge in [-0.2, -0.15) is 10.1 Å². The number of aliphatic hydroxyl groups is 1. The number of benzene rings is 1. The van der Waals surface area contributed by atoms with Crippen LogP contribution in [0.3, 0.4) is 0 Å². The van der Waals surface area contributed by atoms with Crippen LogP contribution in [0.25, 0.3) is 0 Å². The highest BCUT2D eigenvalue weighted by Crippen LogP contribution is 2.20. The Morgan fingerprint density at radius 2 is 2.20 bits per heavy atom. The summed E-state index contributed by atoms with van der Waals surface area (Å²) in [6.45, 7) is 1.74. The van der Waals surface area contributed by atoms with E-state index in [1.165, 1.54) is 16.9 Å². The Morgan fingerprint density at radius 1 is 1.37 bits per heavy atom. The third-order valence-corrected chi connectivity index (χ3v) is 4.39. The van der Waals surface area contributed by atoms with E-state index in [0.29, 0.717) is 28.0 Å². The SMILES string of the molecule is C[C@@H](CO)NC(=O)Cn1cc(Nc2nccc(NCc3c(F)cccc3Cl)n2)cn1. The van der Waals surface area contributed by atoms with Gasteiger partial charge in [0.2, 0.25) is 11.9 Å². The highest BCUT2D eigenvalue weighted by atomic mass is 35.5. The fraction of sp³-hybridized carbons (Fsp3) is 0.263. The number of hydrogen-bond acceptors (Lipinski definition) is 7. The number of rotatable bonds is 9. The lowest BCUT2D eigenvalue weighted by molar-refractivity contribution is -0.122. The van der Waals surface area contributed by atoms with E-state index in [1.54, 1.807) is 37.5 Å². The number of carbonyl (C=O) groups is 1. The van der Waals surface area contributed by atoms with Crippen molar-refractivity contribution in [3.8, 4) is 0 Å². The summed E-state index contributed by atoms with van der Waals surface area (Å²) in [6.07, 6.45) is 4.71. The van der Waals surface area contributed by atoms with E-state index in [4.69, 9.17) is 16.7 Å². The van der Waals surface area contributed by atoms with Crippen LogP contribution in [0.2, 0.25) is 5.02 Å². The van der Waals surface area contributed by atoms with Crippen molar-refractivity contribution in [2.24, 2.45) is 0 Å². The molecule has 4 N–H and O–H groups in total. The van der Waals surface area contributed by atoms with Crippen LogP contribution >= 0.6 is 11.6 Å². The smallest absolute Gasteiger partial charge is 0.242 e. The molecule has 2 heterocycles. The Balaban J connectivity index is 1.59. The molecule has 0 aliphatic rings. The number of amides is 1. The summed E-state index contributed by atoms with van der Waals surface area (Å²) >= 11 is 6.03. The maximum absolute atomic E-state index is 13.9. The lowest BCUT2D eigenvalue weighted by Gasteiger charge is -2.10. The van der Waals surface area contributed by atoms with Crippen molar-refractivity contribution < 1.29 is 14.3 Å². The Kier molecular flexibility index (Phi) is 7.15. The standard InChI is InChI=1S/C19H21ClFN7O2/c1-12(11-29)25-18(30)10-28-9-13(7-24-28)26-19-22-6-5-17(27-19)23-8-14-15(20)3-2-4-16(14)21/h2-7,9,12,29H,8,10-11H2,1H3,(H,25,30)(H2,22,23,26,27)/t12-/m0/s1. The molecule has 30 heavy (non-hydrogen) atoms. The minimum atomic E-state index is -0.396. The van der Waals surface area contributed by atoms with Gasteiger partial charge in [0.25, 0.3) is 0 Å². The number of aromatic nitrogens is 4. The number of halogens is 2. The largest absolute Gasteiger partial charge is 0.394 e. The molecule has 0 saturated heterocycles. The van der Waals surface area contributed by atoms with Crippen LogP contribution in [0.4, 0.5) is 21.8 Å². The minimum absolute atomic E-state index is 0.0118. The lowest BCUT2D eigenvalue weighted by Crippen LogP contribution is -2.37. The van der Waals surface area contributed by atoms with E-state index >= 15 is 0 Å². The molecule has 2 aromatic heterocycles. The summed E-state index contributed by atoms with van der Waals surface area (Å²) in [5.74, 6) is 0.127. The second-order valence-electron chi connectivity index (χ2n) is 6.52. The second kappa shape index (κ2) is 9.99. The van der Waals surface area contributed by atoms with E-state index in [-0.39, 0.29) is 31.6 Å². The van der Waals surface area contributed by atoms with Crippen LogP contribution in [0.15, 0.2) is 42.9 Å². The monoisotopic (exact) mass is 433 g/mol. The van der Waals surface area contributed by atoms with E-state index in [2.05, 4.69) is 31.0 Å². The van der Waals surface area contributed by atoms with Gasteiger partial charge in [0.05, 0.1) is 18.5 Å². The number of anilines is 3. The first-order valence-corrected chi connectivity index (χ1v) is 9.52. The molecule has 3 aromatic rings. The van der Waals surface area contributed by atoms with Crippen molar-refractivity contribution in [1.29, 1.82) is 0 Å². The zero-order chi connectivity index (χ0) is 21.5. The lowest BCUT2D eigenvalue weighted by atomic mass is 10.2. The highest BCUT2D eigenvalue weighted by Gasteiger charge is 2.10. The van der Waals surface area contributed by atoms with Crippen LogP contribution in [0.1, 0.15) is 12.5 Å². The first-order valence-electron chi connectivity index (χ1n) is 9.14. The molecule has 0 saturated carbocycles. The average Bonchev–Trinajstić information content (AvgIpc) is 3.14. The maximum atomic E-state index is 13.9. The van der Waals surface area contributed by atoms with Crippen molar-refractivity contribution in [2.75, 3.05) is 17.2 Å². The Bertz CT molecular complexity index is 994. The Labute approximate surface area is 177 Å². The first kappa shape index (κ1) is 21.5. The predicted molar refractivity (Wildman–Crippen MR) is 111 cm³/mol. The molecular formula is C19H21ClFN7O2. The third-order valence-electron chi connectivity index (χ3n) is 4.04. The highest BCUT2D eigenvalue weighted by molar-refractivity contribution is 6.31. The van der Waals surface area contributed by atoms with Gasteiger partial charge in [-0.15, -0.1) is 0 Å². The molecule has 1 amide bonds. The molecule has 0 aliphatic heterocycles. The van der Waals surface area contributed by atoms with Gasteiger partial charge in [-0.25, -0.2) is 9.37 Å². The van der Waals surface area contributed by atoms with E-state index in [1.807, 2.05) is 0 Å². The summed E-state index contributed by atoms with van der Waals surface area (Å²) < 4.78 is 15.3. The second-order valence-corrected chi connectivity index (χ2v) is 6.93. The quantitative estimate of drug-likeness (QED) is 0.409. The van der Waals surface area contributed by atoms with Crippen LogP contribution in [-0.2, 0) is 17.9 Å². The number of aliphatic hydroxyl groups excluding tert-OH is 1. The van der Waals surface area contributed by atoms with E-state index in [0.717, 1.165) is 0 Å². The first-order chi connectivity index (χ1) is 14.4. The van der Waals surface area contributed by atoms with Crippen LogP contribution < -0.4 is 16.0 Å². The molecular weight excluding hydrogens is 413 g/mol. The topological polar surface area (TPSA) is 117 Å². The van der Waals surface area contributed by atoms with Gasteiger partial charge in [0.1, 0.15) is 18.2 Å². The average molecular weight is 434 g/mol. The molecule has 11 heteroatoms. The van der Waals surface area contributed by atoms with Gasteiger partial charge >= 0.3 is 0 Å². The van der Waals surface area contributed by atoms with Crippen molar-refractivity contribution >= 4 is 35.0 Å². The normalized spacial score (nSPS) is 11.7. The van der Waals surface area contributed by atoms with Gasteiger partial charge < -0.3 is 21.1 Å². The number of nitrogens with one attached hydrogen (secondary N) is 3. The molecule has 0 fully saturated rings. The molecule has 0 radical (unpaired) electrons. The Hall–Kier alpha value is -3.24. The third kappa shape index (κ3) is 5.88. The van der Waals surface area contributed by atoms with Crippen molar-refractivity contribution in [2.45, 2.75) is 26.1 Å². The van der Waals surface area contributed by atoms with Gasteiger partial charge in [0.15, 0.2) is 0 Å². The van der Waals surface area contributed by atoms with Crippen LogP contribution in [0, 0.1) is 5.82 Å². The number of nitrogens with zero attached hydrogens (tertiary/aromatic N) is 4. The molecule has 9 nitrogen and oxygen atoms in total. The summed E-state index contributed by atoms with van der Waals surface area (Å²) in [7, 11) is 0. The fourth-order valence-corrected chi connectivity index (χ4v) is 2.78. The summed E-state index contributed by atoms with van der Waals surface area (Å²) in [5, 5.41) is 22.1. The van der Waals surface area contributed by atoms with E-state index < -0.39 is 5.82 Å². The van der Waals surface area contributed by atoms with Crippen molar-refractivity contribution in [3.63, 3.8) is 0 Å². The zero-order valence-electron chi connectivity index (χ0n) is 16.1. The molecule has 0 aliphatic carbocycles. The fourth-order valence-electron chi connectivity index (χ4n) is 2.55.